The van der Waals surface area contributed by atoms with Gasteiger partial charge >= 0.3 is 0 Å². The predicted octanol–water partition coefficient (Wildman–Crippen LogP) is 2.24. The second-order valence-corrected chi connectivity index (χ2v) is 7.61. The van der Waals surface area contributed by atoms with Crippen molar-refractivity contribution < 1.29 is 13.2 Å². The van der Waals surface area contributed by atoms with Gasteiger partial charge in [0.1, 0.15) is 0 Å². The first-order valence-corrected chi connectivity index (χ1v) is 8.76. The van der Waals surface area contributed by atoms with Crippen LogP contribution in [-0.4, -0.2) is 37.9 Å². The number of hydrogen-bond donors (Lipinski definition) is 0. The number of piperidine rings is 1. The van der Waals surface area contributed by atoms with Crippen LogP contribution in [-0.2, 0) is 10.0 Å². The fourth-order valence-electron chi connectivity index (χ4n) is 2.69. The Morgan fingerprint density at radius 1 is 1.40 bits per heavy atom. The van der Waals surface area contributed by atoms with Gasteiger partial charge in [-0.2, -0.15) is 0 Å². The molecule has 1 saturated heterocycles. The zero-order chi connectivity index (χ0) is 14.8. The molecule has 1 fully saturated rings. The summed E-state index contributed by atoms with van der Waals surface area (Å²) in [6.45, 7) is 3.01. The van der Waals surface area contributed by atoms with E-state index in [4.69, 9.17) is 0 Å². The summed E-state index contributed by atoms with van der Waals surface area (Å²) in [5, 5.41) is 0. The van der Waals surface area contributed by atoms with Crippen molar-refractivity contribution in [2.24, 2.45) is 5.92 Å². The average Bonchev–Trinajstić information content (AvgIpc) is 2.38. The quantitative estimate of drug-likeness (QED) is 0.801. The minimum absolute atomic E-state index is 0.106. The summed E-state index contributed by atoms with van der Waals surface area (Å²) in [5.74, 6) is 0.237. The molecular formula is C15H21NO3S. The molecule has 20 heavy (non-hydrogen) atoms. The SMILES string of the molecule is Cc1cccc(C(=O)CC2CCCN(S(C)(=O)=O)C2)c1. The van der Waals surface area contributed by atoms with Crippen LogP contribution in [0.3, 0.4) is 0 Å². The van der Waals surface area contributed by atoms with Crippen LogP contribution in [0.5, 0.6) is 0 Å². The van der Waals surface area contributed by atoms with Crippen LogP contribution in [0.2, 0.25) is 0 Å². The molecule has 1 aliphatic rings. The Kier molecular flexibility index (Phi) is 4.60. The number of Topliss-reactive ketones (excluding diaryl/α,β-unsaturated/α-hetero) is 1. The van der Waals surface area contributed by atoms with Gasteiger partial charge in [0.15, 0.2) is 5.78 Å². The van der Waals surface area contributed by atoms with Crippen LogP contribution in [0.4, 0.5) is 0 Å². The molecule has 0 radical (unpaired) electrons. The highest BCUT2D eigenvalue weighted by Gasteiger charge is 2.27. The molecule has 0 amide bonds. The molecule has 1 atom stereocenters. The van der Waals surface area contributed by atoms with Gasteiger partial charge in [-0.1, -0.05) is 23.8 Å². The molecule has 1 unspecified atom stereocenters. The van der Waals surface area contributed by atoms with Gasteiger partial charge < -0.3 is 0 Å². The number of benzene rings is 1. The standard InChI is InChI=1S/C15H21NO3S/c1-12-5-3-7-14(9-12)15(17)10-13-6-4-8-16(11-13)20(2,18)19/h3,5,7,9,13H,4,6,8,10-11H2,1-2H3. The molecule has 0 bridgehead atoms. The Labute approximate surface area is 120 Å². The highest BCUT2D eigenvalue weighted by molar-refractivity contribution is 7.88. The first-order chi connectivity index (χ1) is 9.36. The largest absolute Gasteiger partial charge is 0.294 e. The molecule has 2 rings (SSSR count). The summed E-state index contributed by atoms with van der Waals surface area (Å²) in [6, 6.07) is 7.56. The Morgan fingerprint density at radius 3 is 2.80 bits per heavy atom. The van der Waals surface area contributed by atoms with Crippen molar-refractivity contribution in [2.45, 2.75) is 26.2 Å². The zero-order valence-electron chi connectivity index (χ0n) is 12.0. The number of carbonyl (C=O) groups excluding carboxylic acids is 1. The summed E-state index contributed by atoms with van der Waals surface area (Å²) < 4.78 is 24.6. The maximum Gasteiger partial charge on any atom is 0.211 e. The van der Waals surface area contributed by atoms with Gasteiger partial charge in [0.05, 0.1) is 6.26 Å². The van der Waals surface area contributed by atoms with Crippen molar-refractivity contribution in [1.82, 2.24) is 4.31 Å². The van der Waals surface area contributed by atoms with Gasteiger partial charge in [-0.15, -0.1) is 0 Å². The average molecular weight is 295 g/mol. The third-order valence-corrected chi connectivity index (χ3v) is 5.03. The van der Waals surface area contributed by atoms with E-state index in [1.54, 1.807) is 0 Å². The van der Waals surface area contributed by atoms with E-state index < -0.39 is 10.0 Å². The Balaban J connectivity index is 2.01. The summed E-state index contributed by atoms with van der Waals surface area (Å²) in [6.07, 6.45) is 3.41. The molecule has 110 valence electrons. The van der Waals surface area contributed by atoms with Crippen LogP contribution in [0, 0.1) is 12.8 Å². The molecule has 0 N–H and O–H groups in total. The van der Waals surface area contributed by atoms with Crippen molar-refractivity contribution in [3.8, 4) is 0 Å². The van der Waals surface area contributed by atoms with Crippen molar-refractivity contribution in [1.29, 1.82) is 0 Å². The van der Waals surface area contributed by atoms with Gasteiger partial charge in [0, 0.05) is 25.1 Å². The van der Waals surface area contributed by atoms with Gasteiger partial charge in [0.2, 0.25) is 10.0 Å². The van der Waals surface area contributed by atoms with Crippen LogP contribution in [0.1, 0.15) is 35.2 Å². The lowest BCUT2D eigenvalue weighted by Crippen LogP contribution is -2.39. The third kappa shape index (κ3) is 3.90. The molecule has 1 aromatic rings. The number of sulfonamides is 1. The maximum atomic E-state index is 12.3. The molecule has 1 aliphatic heterocycles. The topological polar surface area (TPSA) is 54.5 Å². The van der Waals surface area contributed by atoms with E-state index in [-0.39, 0.29) is 11.7 Å². The fourth-order valence-corrected chi connectivity index (χ4v) is 3.64. The minimum Gasteiger partial charge on any atom is -0.294 e. The molecule has 0 saturated carbocycles. The predicted molar refractivity (Wildman–Crippen MR) is 79.3 cm³/mol. The highest BCUT2D eigenvalue weighted by Crippen LogP contribution is 2.23. The normalized spacial score (nSPS) is 20.8. The van der Waals surface area contributed by atoms with E-state index in [0.29, 0.717) is 19.5 Å². The summed E-state index contributed by atoms with van der Waals surface area (Å²) >= 11 is 0. The monoisotopic (exact) mass is 295 g/mol. The summed E-state index contributed by atoms with van der Waals surface area (Å²) in [4.78, 5) is 12.3. The van der Waals surface area contributed by atoms with E-state index in [1.165, 1.54) is 10.6 Å². The first-order valence-electron chi connectivity index (χ1n) is 6.91. The smallest absolute Gasteiger partial charge is 0.211 e. The first kappa shape index (κ1) is 15.2. The van der Waals surface area contributed by atoms with Gasteiger partial charge in [-0.05, 0) is 31.7 Å². The Hall–Kier alpha value is -1.20. The van der Waals surface area contributed by atoms with Gasteiger partial charge in [-0.25, -0.2) is 12.7 Å². The number of hydrogen-bond acceptors (Lipinski definition) is 3. The van der Waals surface area contributed by atoms with Crippen LogP contribution < -0.4 is 0 Å². The third-order valence-electron chi connectivity index (χ3n) is 3.76. The Bertz CT molecular complexity index is 595. The van der Waals surface area contributed by atoms with E-state index in [9.17, 15) is 13.2 Å². The molecule has 0 aliphatic carbocycles. The molecule has 5 heteroatoms. The second kappa shape index (κ2) is 6.06. The lowest BCUT2D eigenvalue weighted by Gasteiger charge is -2.30. The van der Waals surface area contributed by atoms with Crippen LogP contribution in [0.15, 0.2) is 24.3 Å². The number of rotatable bonds is 4. The van der Waals surface area contributed by atoms with E-state index >= 15 is 0 Å². The Morgan fingerprint density at radius 2 is 2.15 bits per heavy atom. The lowest BCUT2D eigenvalue weighted by molar-refractivity contribution is 0.0942. The molecular weight excluding hydrogens is 274 g/mol. The molecule has 1 heterocycles. The van der Waals surface area contributed by atoms with Crippen LogP contribution >= 0.6 is 0 Å². The van der Waals surface area contributed by atoms with E-state index in [0.717, 1.165) is 24.0 Å². The number of nitrogens with zero attached hydrogens (tertiary/aromatic N) is 1. The number of aryl methyl sites for hydroxylation is 1. The van der Waals surface area contributed by atoms with Crippen LogP contribution in [0.25, 0.3) is 0 Å². The summed E-state index contributed by atoms with van der Waals surface area (Å²) in [7, 11) is -3.14. The number of carbonyl (C=O) groups is 1. The molecule has 0 aromatic heterocycles. The lowest BCUT2D eigenvalue weighted by atomic mass is 9.91. The van der Waals surface area contributed by atoms with E-state index in [1.807, 2.05) is 31.2 Å². The molecule has 1 aromatic carbocycles. The summed E-state index contributed by atoms with van der Waals surface area (Å²) in [5.41, 5.74) is 1.79. The van der Waals surface area contributed by atoms with Crippen molar-refractivity contribution in [3.05, 3.63) is 35.4 Å². The molecule has 4 nitrogen and oxygen atoms in total. The fraction of sp³-hybridized carbons (Fsp3) is 0.533. The molecule has 0 spiro atoms. The van der Waals surface area contributed by atoms with E-state index in [2.05, 4.69) is 0 Å². The zero-order valence-corrected chi connectivity index (χ0v) is 12.8. The second-order valence-electron chi connectivity index (χ2n) is 5.63. The van der Waals surface area contributed by atoms with Crippen molar-refractivity contribution in [3.63, 3.8) is 0 Å². The highest BCUT2D eigenvalue weighted by atomic mass is 32.2. The van der Waals surface area contributed by atoms with Gasteiger partial charge in [-0.3, -0.25) is 4.79 Å². The van der Waals surface area contributed by atoms with Crippen molar-refractivity contribution in [2.75, 3.05) is 19.3 Å². The van der Waals surface area contributed by atoms with Gasteiger partial charge in [0.25, 0.3) is 0 Å². The minimum atomic E-state index is -3.14. The maximum absolute atomic E-state index is 12.3. The number of ketones is 1. The van der Waals surface area contributed by atoms with Crippen molar-refractivity contribution >= 4 is 15.8 Å².